The van der Waals surface area contributed by atoms with E-state index in [1.807, 2.05) is 6.92 Å². The van der Waals surface area contributed by atoms with Gasteiger partial charge in [0.1, 0.15) is 0 Å². The number of halogens is 1. The number of hydrogen-bond donors (Lipinski definition) is 0. The molecule has 0 aliphatic heterocycles. The molecule has 0 radical (unpaired) electrons. The first-order valence-electron chi connectivity index (χ1n) is 3.52. The van der Waals surface area contributed by atoms with Gasteiger partial charge in [0.05, 0.1) is 0 Å². The van der Waals surface area contributed by atoms with Crippen LogP contribution < -0.4 is 0 Å². The zero-order chi connectivity index (χ0) is 9.19. The quantitative estimate of drug-likeness (QED) is 0.702. The molecular weight excluding hydrogens is 200 g/mol. The second kappa shape index (κ2) is 3.45. The van der Waals surface area contributed by atoms with Crippen molar-refractivity contribution in [3.8, 4) is 0 Å². The van der Waals surface area contributed by atoms with E-state index in [2.05, 4.69) is 5.10 Å². The minimum absolute atomic E-state index is 0.0855. The maximum absolute atomic E-state index is 10.7. The summed E-state index contributed by atoms with van der Waals surface area (Å²) in [5.74, 6) is 0. The van der Waals surface area contributed by atoms with E-state index in [4.69, 9.17) is 10.7 Å². The Kier molecular flexibility index (Phi) is 2.74. The van der Waals surface area contributed by atoms with Crippen LogP contribution in [-0.2, 0) is 15.6 Å². The SMILES string of the molecule is CCCn1ccc(S(=O)(=O)Cl)n1. The van der Waals surface area contributed by atoms with Crippen LogP contribution in [0.2, 0.25) is 0 Å². The molecule has 12 heavy (non-hydrogen) atoms. The van der Waals surface area contributed by atoms with Crippen molar-refractivity contribution in [1.82, 2.24) is 9.78 Å². The third-order valence-electron chi connectivity index (χ3n) is 1.32. The fourth-order valence-corrected chi connectivity index (χ4v) is 1.50. The van der Waals surface area contributed by atoms with Crippen LogP contribution in [0.25, 0.3) is 0 Å². The van der Waals surface area contributed by atoms with Gasteiger partial charge in [0.2, 0.25) is 0 Å². The van der Waals surface area contributed by atoms with Crippen molar-refractivity contribution >= 4 is 19.7 Å². The van der Waals surface area contributed by atoms with Crippen LogP contribution in [0.1, 0.15) is 13.3 Å². The van der Waals surface area contributed by atoms with Crippen molar-refractivity contribution in [3.63, 3.8) is 0 Å². The Labute approximate surface area is 75.6 Å². The van der Waals surface area contributed by atoms with Crippen molar-refractivity contribution in [2.24, 2.45) is 0 Å². The van der Waals surface area contributed by atoms with Crippen LogP contribution in [0.4, 0.5) is 0 Å². The Morgan fingerprint density at radius 3 is 2.75 bits per heavy atom. The molecule has 0 bridgehead atoms. The van der Waals surface area contributed by atoms with E-state index in [0.29, 0.717) is 6.54 Å². The maximum atomic E-state index is 10.7. The van der Waals surface area contributed by atoms with Crippen LogP contribution in [0, 0.1) is 0 Å². The van der Waals surface area contributed by atoms with E-state index < -0.39 is 9.05 Å². The van der Waals surface area contributed by atoms with Crippen LogP contribution in [0.15, 0.2) is 17.3 Å². The standard InChI is InChI=1S/C6H9ClN2O2S/c1-2-4-9-5-3-6(8-9)12(7,10)11/h3,5H,2,4H2,1H3. The Morgan fingerprint density at radius 1 is 1.67 bits per heavy atom. The molecule has 1 aromatic heterocycles. The summed E-state index contributed by atoms with van der Waals surface area (Å²) in [4.78, 5) is 0. The van der Waals surface area contributed by atoms with E-state index in [-0.39, 0.29) is 5.03 Å². The van der Waals surface area contributed by atoms with E-state index in [1.54, 1.807) is 10.9 Å². The van der Waals surface area contributed by atoms with Gasteiger partial charge in [0, 0.05) is 23.4 Å². The molecule has 1 rings (SSSR count). The predicted octanol–water partition coefficient (Wildman–Crippen LogP) is 1.22. The summed E-state index contributed by atoms with van der Waals surface area (Å²) >= 11 is 0. The Morgan fingerprint density at radius 2 is 2.33 bits per heavy atom. The fraction of sp³-hybridized carbons (Fsp3) is 0.500. The summed E-state index contributed by atoms with van der Waals surface area (Å²) in [7, 11) is 1.41. The number of hydrogen-bond acceptors (Lipinski definition) is 3. The molecule has 0 N–H and O–H groups in total. The highest BCUT2D eigenvalue weighted by Crippen LogP contribution is 2.10. The van der Waals surface area contributed by atoms with Crippen LogP contribution >= 0.6 is 10.7 Å². The zero-order valence-corrected chi connectivity index (χ0v) is 8.14. The summed E-state index contributed by atoms with van der Waals surface area (Å²) in [6, 6.07) is 1.39. The summed E-state index contributed by atoms with van der Waals surface area (Å²) in [5.41, 5.74) is 0. The van der Waals surface area contributed by atoms with Gasteiger partial charge in [-0.2, -0.15) is 5.10 Å². The largest absolute Gasteiger partial charge is 0.280 e. The van der Waals surface area contributed by atoms with E-state index >= 15 is 0 Å². The molecule has 0 amide bonds. The Bertz CT molecular complexity index is 357. The Hall–Kier alpha value is -0.550. The van der Waals surface area contributed by atoms with Gasteiger partial charge in [-0.25, -0.2) is 8.42 Å². The minimum Gasteiger partial charge on any atom is -0.271 e. The van der Waals surface area contributed by atoms with Gasteiger partial charge < -0.3 is 0 Å². The molecule has 0 aliphatic rings. The van der Waals surface area contributed by atoms with Gasteiger partial charge in [-0.3, -0.25) is 4.68 Å². The average molecular weight is 209 g/mol. The van der Waals surface area contributed by atoms with Crippen molar-refractivity contribution < 1.29 is 8.42 Å². The molecule has 0 fully saturated rings. The second-order valence-electron chi connectivity index (χ2n) is 2.35. The highest BCUT2D eigenvalue weighted by Gasteiger charge is 2.12. The van der Waals surface area contributed by atoms with Gasteiger partial charge in [0.15, 0.2) is 5.03 Å². The monoisotopic (exact) mass is 208 g/mol. The van der Waals surface area contributed by atoms with E-state index in [9.17, 15) is 8.42 Å². The summed E-state index contributed by atoms with van der Waals surface area (Å²) < 4.78 is 23.0. The molecule has 0 spiro atoms. The van der Waals surface area contributed by atoms with Crippen molar-refractivity contribution in [2.75, 3.05) is 0 Å². The molecule has 68 valence electrons. The average Bonchev–Trinajstić information content (AvgIpc) is 2.35. The first-order chi connectivity index (χ1) is 5.54. The maximum Gasteiger partial charge on any atom is 0.280 e. The normalized spacial score (nSPS) is 11.8. The lowest BCUT2D eigenvalue weighted by Crippen LogP contribution is -1.99. The molecule has 1 heterocycles. The van der Waals surface area contributed by atoms with Crippen LogP contribution in [-0.4, -0.2) is 18.2 Å². The molecule has 6 heteroatoms. The lowest BCUT2D eigenvalue weighted by molar-refractivity contribution is 0.573. The van der Waals surface area contributed by atoms with E-state index in [1.165, 1.54) is 6.07 Å². The molecule has 0 aromatic carbocycles. The summed E-state index contributed by atoms with van der Waals surface area (Å²) in [6.45, 7) is 2.68. The van der Waals surface area contributed by atoms with Gasteiger partial charge >= 0.3 is 0 Å². The number of aromatic nitrogens is 2. The molecule has 0 saturated heterocycles. The van der Waals surface area contributed by atoms with Gasteiger partial charge in [0.25, 0.3) is 9.05 Å². The number of rotatable bonds is 3. The summed E-state index contributed by atoms with van der Waals surface area (Å²) in [5, 5.41) is 3.68. The van der Waals surface area contributed by atoms with E-state index in [0.717, 1.165) is 6.42 Å². The summed E-state index contributed by atoms with van der Waals surface area (Å²) in [6.07, 6.45) is 2.50. The molecule has 1 aromatic rings. The van der Waals surface area contributed by atoms with Gasteiger partial charge in [-0.05, 0) is 12.5 Å². The lowest BCUT2D eigenvalue weighted by atomic mass is 10.5. The third-order valence-corrected chi connectivity index (χ3v) is 2.51. The Balaban J connectivity index is 2.92. The zero-order valence-electron chi connectivity index (χ0n) is 6.57. The highest BCUT2D eigenvalue weighted by molar-refractivity contribution is 8.13. The predicted molar refractivity (Wildman–Crippen MR) is 45.6 cm³/mol. The van der Waals surface area contributed by atoms with Gasteiger partial charge in [-0.15, -0.1) is 0 Å². The number of nitrogens with zero attached hydrogens (tertiary/aromatic N) is 2. The lowest BCUT2D eigenvalue weighted by Gasteiger charge is -1.94. The molecule has 4 nitrogen and oxygen atoms in total. The first-order valence-corrected chi connectivity index (χ1v) is 5.83. The second-order valence-corrected chi connectivity index (χ2v) is 4.87. The van der Waals surface area contributed by atoms with Crippen LogP contribution in [0.5, 0.6) is 0 Å². The molecular formula is C6H9ClN2O2S. The fourth-order valence-electron chi connectivity index (χ4n) is 0.827. The topological polar surface area (TPSA) is 52.0 Å². The minimum atomic E-state index is -3.66. The molecule has 0 saturated carbocycles. The van der Waals surface area contributed by atoms with Gasteiger partial charge in [-0.1, -0.05) is 6.92 Å². The van der Waals surface area contributed by atoms with Crippen molar-refractivity contribution in [1.29, 1.82) is 0 Å². The molecule has 0 aliphatic carbocycles. The van der Waals surface area contributed by atoms with Crippen molar-refractivity contribution in [2.45, 2.75) is 24.9 Å². The third kappa shape index (κ3) is 2.22. The molecule has 0 unspecified atom stereocenters. The van der Waals surface area contributed by atoms with Crippen molar-refractivity contribution in [3.05, 3.63) is 12.3 Å². The number of aryl methyl sites for hydroxylation is 1. The highest BCUT2D eigenvalue weighted by atomic mass is 35.7. The smallest absolute Gasteiger partial charge is 0.271 e. The molecule has 0 atom stereocenters. The first kappa shape index (κ1) is 9.54. The van der Waals surface area contributed by atoms with Crippen LogP contribution in [0.3, 0.4) is 0 Å².